The fraction of sp³-hybridized carbons (Fsp3) is 0.429. The lowest BCUT2D eigenvalue weighted by Gasteiger charge is -2.31. The lowest BCUT2D eigenvalue weighted by molar-refractivity contribution is -0.121. The number of nitrogens with zero attached hydrogens (tertiary/aromatic N) is 2. The Balaban J connectivity index is 1.70. The molecule has 2 fully saturated rings. The van der Waals surface area contributed by atoms with Crippen LogP contribution in [0.5, 0.6) is 0 Å². The van der Waals surface area contributed by atoms with Crippen molar-refractivity contribution in [2.45, 2.75) is 18.6 Å². The molecule has 1 aliphatic carbocycles. The van der Waals surface area contributed by atoms with E-state index in [1.807, 2.05) is 23.1 Å². The van der Waals surface area contributed by atoms with Crippen molar-refractivity contribution in [3.8, 4) is 0 Å². The van der Waals surface area contributed by atoms with Gasteiger partial charge in [0, 0.05) is 18.5 Å². The number of rotatable bonds is 2. The SMILES string of the molecule is O=CN1CC2CC1C1C(c3ccccc3)=NOC21. The van der Waals surface area contributed by atoms with E-state index in [1.165, 1.54) is 0 Å². The Hall–Kier alpha value is -1.84. The minimum Gasteiger partial charge on any atom is -0.391 e. The van der Waals surface area contributed by atoms with Crippen LogP contribution in [0.3, 0.4) is 0 Å². The van der Waals surface area contributed by atoms with Gasteiger partial charge in [-0.3, -0.25) is 4.79 Å². The first kappa shape index (κ1) is 10.1. The van der Waals surface area contributed by atoms with E-state index in [0.717, 1.165) is 30.7 Å². The molecule has 1 aromatic rings. The van der Waals surface area contributed by atoms with E-state index >= 15 is 0 Å². The van der Waals surface area contributed by atoms with E-state index in [2.05, 4.69) is 17.3 Å². The van der Waals surface area contributed by atoms with Crippen LogP contribution in [0.4, 0.5) is 0 Å². The van der Waals surface area contributed by atoms with Crippen molar-refractivity contribution in [3.63, 3.8) is 0 Å². The Kier molecular flexibility index (Phi) is 2.01. The standard InChI is InChI=1S/C14H14N2O2/c17-8-16-7-10-6-11(16)12-13(15-18-14(10)12)9-4-2-1-3-5-9/h1-5,8,10-12,14H,6-7H2. The van der Waals surface area contributed by atoms with Gasteiger partial charge in [0.2, 0.25) is 6.41 Å². The minimum absolute atomic E-state index is 0.182. The van der Waals surface area contributed by atoms with Crippen LogP contribution in [-0.4, -0.2) is 35.7 Å². The second kappa shape index (κ2) is 3.57. The Morgan fingerprint density at radius 3 is 2.94 bits per heavy atom. The third-order valence-corrected chi connectivity index (χ3v) is 4.44. The molecule has 4 nitrogen and oxygen atoms in total. The Labute approximate surface area is 105 Å². The van der Waals surface area contributed by atoms with Gasteiger partial charge in [-0.1, -0.05) is 35.5 Å². The monoisotopic (exact) mass is 242 g/mol. The van der Waals surface area contributed by atoms with E-state index in [-0.39, 0.29) is 18.1 Å². The summed E-state index contributed by atoms with van der Waals surface area (Å²) in [6, 6.07) is 10.4. The van der Waals surface area contributed by atoms with Crippen LogP contribution in [0.25, 0.3) is 0 Å². The number of oxime groups is 1. The van der Waals surface area contributed by atoms with Crippen LogP contribution >= 0.6 is 0 Å². The van der Waals surface area contributed by atoms with Crippen molar-refractivity contribution in [1.29, 1.82) is 0 Å². The van der Waals surface area contributed by atoms with Crippen molar-refractivity contribution >= 4 is 12.1 Å². The van der Waals surface area contributed by atoms with Gasteiger partial charge in [0.25, 0.3) is 0 Å². The van der Waals surface area contributed by atoms with Gasteiger partial charge < -0.3 is 9.74 Å². The highest BCUT2D eigenvalue weighted by molar-refractivity contribution is 6.04. The van der Waals surface area contributed by atoms with Gasteiger partial charge in [0.15, 0.2) is 0 Å². The number of hydrogen-bond acceptors (Lipinski definition) is 3. The highest BCUT2D eigenvalue weighted by atomic mass is 16.6. The van der Waals surface area contributed by atoms with E-state index in [9.17, 15) is 4.79 Å². The first-order chi connectivity index (χ1) is 8.88. The molecule has 0 radical (unpaired) electrons. The molecule has 2 heterocycles. The topological polar surface area (TPSA) is 41.9 Å². The number of carbonyl (C=O) groups excluding carboxylic acids is 1. The second-order valence-corrected chi connectivity index (χ2v) is 5.30. The van der Waals surface area contributed by atoms with Crippen molar-refractivity contribution in [2.75, 3.05) is 6.54 Å². The number of likely N-dealkylation sites (tertiary alicyclic amines) is 1. The molecule has 0 spiro atoms. The van der Waals surface area contributed by atoms with Gasteiger partial charge in [-0.2, -0.15) is 0 Å². The molecular weight excluding hydrogens is 228 g/mol. The lowest BCUT2D eigenvalue weighted by atomic mass is 9.88. The van der Waals surface area contributed by atoms with E-state index < -0.39 is 0 Å². The molecule has 4 heteroatoms. The maximum Gasteiger partial charge on any atom is 0.209 e. The number of hydrogen-bond donors (Lipinski definition) is 0. The van der Waals surface area contributed by atoms with Gasteiger partial charge in [0.1, 0.15) is 6.10 Å². The molecule has 1 aromatic carbocycles. The molecule has 0 aromatic heterocycles. The van der Waals surface area contributed by atoms with Crippen molar-refractivity contribution in [1.82, 2.24) is 4.90 Å². The number of benzene rings is 1. The average Bonchev–Trinajstić information content (AvgIpc) is 3.10. The third kappa shape index (κ3) is 1.20. The van der Waals surface area contributed by atoms with E-state index in [1.54, 1.807) is 0 Å². The molecule has 2 bridgehead atoms. The summed E-state index contributed by atoms with van der Waals surface area (Å²) < 4.78 is 0. The van der Waals surface area contributed by atoms with Crippen LogP contribution in [0.15, 0.2) is 35.5 Å². The molecule has 92 valence electrons. The molecule has 1 saturated heterocycles. The third-order valence-electron chi connectivity index (χ3n) is 4.44. The average molecular weight is 242 g/mol. The normalized spacial score (nSPS) is 36.2. The Bertz CT molecular complexity index is 514. The van der Waals surface area contributed by atoms with Gasteiger partial charge in [-0.25, -0.2) is 0 Å². The summed E-state index contributed by atoms with van der Waals surface area (Å²) in [6.07, 6.45) is 2.21. The van der Waals surface area contributed by atoms with Crippen LogP contribution in [0.1, 0.15) is 12.0 Å². The molecule has 18 heavy (non-hydrogen) atoms. The van der Waals surface area contributed by atoms with E-state index in [0.29, 0.717) is 5.92 Å². The quantitative estimate of drug-likeness (QED) is 0.733. The van der Waals surface area contributed by atoms with Crippen molar-refractivity contribution in [2.24, 2.45) is 17.0 Å². The maximum absolute atomic E-state index is 11.1. The maximum atomic E-state index is 11.1. The summed E-state index contributed by atoms with van der Waals surface area (Å²) in [5.41, 5.74) is 2.13. The zero-order chi connectivity index (χ0) is 12.1. The molecule has 4 unspecified atom stereocenters. The summed E-state index contributed by atoms with van der Waals surface area (Å²) in [7, 11) is 0. The van der Waals surface area contributed by atoms with Crippen LogP contribution in [0.2, 0.25) is 0 Å². The molecule has 1 saturated carbocycles. The van der Waals surface area contributed by atoms with Gasteiger partial charge in [-0.15, -0.1) is 0 Å². The second-order valence-electron chi connectivity index (χ2n) is 5.30. The number of amides is 1. The summed E-state index contributed by atoms with van der Waals surface area (Å²) in [5.74, 6) is 0.714. The van der Waals surface area contributed by atoms with Gasteiger partial charge >= 0.3 is 0 Å². The highest BCUT2D eigenvalue weighted by Crippen LogP contribution is 2.47. The molecule has 0 N–H and O–H groups in total. The smallest absolute Gasteiger partial charge is 0.209 e. The molecule has 2 aliphatic heterocycles. The predicted molar refractivity (Wildman–Crippen MR) is 66.0 cm³/mol. The molecule has 3 aliphatic rings. The lowest BCUT2D eigenvalue weighted by Crippen LogP contribution is -2.45. The number of piperidine rings is 1. The number of fused-ring (bicyclic) bond motifs is 5. The molecular formula is C14H14N2O2. The van der Waals surface area contributed by atoms with Crippen LogP contribution in [-0.2, 0) is 9.63 Å². The highest BCUT2D eigenvalue weighted by Gasteiger charge is 2.57. The van der Waals surface area contributed by atoms with Crippen LogP contribution in [0, 0.1) is 11.8 Å². The first-order valence-electron chi connectivity index (χ1n) is 6.38. The predicted octanol–water partition coefficient (Wildman–Crippen LogP) is 1.27. The summed E-state index contributed by atoms with van der Waals surface area (Å²) >= 11 is 0. The van der Waals surface area contributed by atoms with Crippen LogP contribution < -0.4 is 0 Å². The molecule has 1 amide bonds. The molecule has 4 atom stereocenters. The van der Waals surface area contributed by atoms with Crippen molar-refractivity contribution < 1.29 is 9.63 Å². The minimum atomic E-state index is 0.182. The van der Waals surface area contributed by atoms with Gasteiger partial charge in [0.05, 0.1) is 11.6 Å². The zero-order valence-electron chi connectivity index (χ0n) is 9.90. The summed E-state index contributed by atoms with van der Waals surface area (Å²) in [5, 5.41) is 4.27. The first-order valence-corrected chi connectivity index (χ1v) is 6.38. The molecule has 4 rings (SSSR count). The summed E-state index contributed by atoms with van der Waals surface area (Å²) in [6.45, 7) is 0.826. The van der Waals surface area contributed by atoms with Crippen molar-refractivity contribution in [3.05, 3.63) is 35.9 Å². The Morgan fingerprint density at radius 1 is 1.33 bits per heavy atom. The van der Waals surface area contributed by atoms with Gasteiger partial charge in [-0.05, 0) is 12.0 Å². The van der Waals surface area contributed by atoms with E-state index in [4.69, 9.17) is 4.84 Å². The largest absolute Gasteiger partial charge is 0.391 e. The fourth-order valence-corrected chi connectivity index (χ4v) is 3.67. The zero-order valence-corrected chi connectivity index (χ0v) is 9.90. The fourth-order valence-electron chi connectivity index (χ4n) is 3.67. The number of carbonyl (C=O) groups is 1. The Morgan fingerprint density at radius 2 is 2.17 bits per heavy atom. The summed E-state index contributed by atoms with van der Waals surface area (Å²) in [4.78, 5) is 18.6.